The Morgan fingerprint density at radius 2 is 2.25 bits per heavy atom. The molecular weight excluding hydrogens is 278 g/mol. The Kier molecular flexibility index (Phi) is 5.15. The average Bonchev–Trinajstić information content (AvgIpc) is 2.47. The summed E-state index contributed by atoms with van der Waals surface area (Å²) in [6, 6.07) is 4.89. The van der Waals surface area contributed by atoms with E-state index in [9.17, 15) is 13.5 Å². The van der Waals surface area contributed by atoms with Crippen LogP contribution in [0.1, 0.15) is 30.9 Å². The number of ether oxygens (including phenoxy) is 1. The first-order valence-corrected chi connectivity index (χ1v) is 8.38. The Labute approximate surface area is 120 Å². The van der Waals surface area contributed by atoms with Crippen molar-refractivity contribution in [1.29, 1.82) is 0 Å². The van der Waals surface area contributed by atoms with E-state index in [4.69, 9.17) is 4.74 Å². The SMILES string of the molecule is CCc1ccc(CO)cc1S(=O)(=O)NC1CCCOC1. The lowest BCUT2D eigenvalue weighted by Crippen LogP contribution is -2.40. The first-order valence-electron chi connectivity index (χ1n) is 6.89. The molecule has 1 heterocycles. The fraction of sp³-hybridized carbons (Fsp3) is 0.571. The number of hydrogen-bond acceptors (Lipinski definition) is 4. The maximum atomic E-state index is 12.5. The van der Waals surface area contributed by atoms with Crippen LogP contribution < -0.4 is 4.72 Å². The summed E-state index contributed by atoms with van der Waals surface area (Å²) in [5.74, 6) is 0. The Bertz CT molecular complexity index is 550. The van der Waals surface area contributed by atoms with Crippen molar-refractivity contribution in [2.45, 2.75) is 43.7 Å². The van der Waals surface area contributed by atoms with Crippen LogP contribution >= 0.6 is 0 Å². The lowest BCUT2D eigenvalue weighted by atomic mass is 10.1. The number of aliphatic hydroxyl groups excluding tert-OH is 1. The molecule has 1 aromatic rings. The molecule has 1 atom stereocenters. The van der Waals surface area contributed by atoms with Gasteiger partial charge in [0, 0.05) is 12.6 Å². The topological polar surface area (TPSA) is 75.6 Å². The monoisotopic (exact) mass is 299 g/mol. The van der Waals surface area contributed by atoms with Crippen LogP contribution in [-0.4, -0.2) is 32.8 Å². The predicted octanol–water partition coefficient (Wildman–Crippen LogP) is 1.20. The van der Waals surface area contributed by atoms with Crippen LogP contribution in [0, 0.1) is 0 Å². The second kappa shape index (κ2) is 6.67. The first-order chi connectivity index (χ1) is 9.56. The van der Waals surface area contributed by atoms with Gasteiger partial charge < -0.3 is 9.84 Å². The normalized spacial score (nSPS) is 20.0. The van der Waals surface area contributed by atoms with Crippen LogP contribution in [-0.2, 0) is 27.8 Å². The highest BCUT2D eigenvalue weighted by Crippen LogP contribution is 2.20. The van der Waals surface area contributed by atoms with E-state index in [1.54, 1.807) is 18.2 Å². The van der Waals surface area contributed by atoms with Gasteiger partial charge in [0.05, 0.1) is 18.1 Å². The summed E-state index contributed by atoms with van der Waals surface area (Å²) < 4.78 is 33.0. The molecule has 1 fully saturated rings. The fourth-order valence-corrected chi connectivity index (χ4v) is 3.97. The summed E-state index contributed by atoms with van der Waals surface area (Å²) in [4.78, 5) is 0.261. The van der Waals surface area contributed by atoms with Gasteiger partial charge in [-0.05, 0) is 36.5 Å². The summed E-state index contributed by atoms with van der Waals surface area (Å²) in [6.45, 7) is 2.86. The molecule has 112 valence electrons. The van der Waals surface area contributed by atoms with Gasteiger partial charge >= 0.3 is 0 Å². The second-order valence-electron chi connectivity index (χ2n) is 4.99. The minimum atomic E-state index is -3.58. The van der Waals surface area contributed by atoms with Crippen molar-refractivity contribution in [2.75, 3.05) is 13.2 Å². The Morgan fingerprint density at radius 1 is 1.45 bits per heavy atom. The van der Waals surface area contributed by atoms with E-state index >= 15 is 0 Å². The van der Waals surface area contributed by atoms with E-state index in [2.05, 4.69) is 4.72 Å². The number of benzene rings is 1. The van der Waals surface area contributed by atoms with Crippen molar-refractivity contribution in [3.8, 4) is 0 Å². The maximum Gasteiger partial charge on any atom is 0.241 e. The van der Waals surface area contributed by atoms with E-state index in [-0.39, 0.29) is 17.5 Å². The molecule has 2 N–H and O–H groups in total. The highest BCUT2D eigenvalue weighted by atomic mass is 32.2. The van der Waals surface area contributed by atoms with Crippen LogP contribution in [0.2, 0.25) is 0 Å². The average molecular weight is 299 g/mol. The zero-order valence-electron chi connectivity index (χ0n) is 11.6. The number of hydrogen-bond donors (Lipinski definition) is 2. The Hall–Kier alpha value is -0.950. The molecule has 1 aliphatic rings. The quantitative estimate of drug-likeness (QED) is 0.856. The van der Waals surface area contributed by atoms with Crippen molar-refractivity contribution in [1.82, 2.24) is 4.72 Å². The predicted molar refractivity (Wildman–Crippen MR) is 75.9 cm³/mol. The van der Waals surface area contributed by atoms with Crippen molar-refractivity contribution >= 4 is 10.0 Å². The van der Waals surface area contributed by atoms with Crippen LogP contribution in [0.25, 0.3) is 0 Å². The third-order valence-electron chi connectivity index (χ3n) is 3.47. The highest BCUT2D eigenvalue weighted by molar-refractivity contribution is 7.89. The van der Waals surface area contributed by atoms with E-state index in [1.807, 2.05) is 6.92 Å². The minimum Gasteiger partial charge on any atom is -0.392 e. The first kappa shape index (κ1) is 15.4. The molecule has 1 unspecified atom stereocenters. The van der Waals surface area contributed by atoms with E-state index < -0.39 is 10.0 Å². The molecule has 0 aliphatic carbocycles. The lowest BCUT2D eigenvalue weighted by molar-refractivity contribution is 0.0774. The van der Waals surface area contributed by atoms with Gasteiger partial charge in [0.25, 0.3) is 0 Å². The van der Waals surface area contributed by atoms with Crippen molar-refractivity contribution < 1.29 is 18.3 Å². The molecule has 6 heteroatoms. The van der Waals surface area contributed by atoms with E-state index in [1.165, 1.54) is 0 Å². The summed E-state index contributed by atoms with van der Waals surface area (Å²) in [5, 5.41) is 9.18. The summed E-state index contributed by atoms with van der Waals surface area (Å²) in [7, 11) is -3.58. The van der Waals surface area contributed by atoms with Crippen molar-refractivity contribution in [3.05, 3.63) is 29.3 Å². The van der Waals surface area contributed by atoms with Crippen LogP contribution in [0.15, 0.2) is 23.1 Å². The number of rotatable bonds is 5. The zero-order valence-corrected chi connectivity index (χ0v) is 12.4. The van der Waals surface area contributed by atoms with Gasteiger partial charge in [-0.2, -0.15) is 0 Å². The van der Waals surface area contributed by atoms with Gasteiger partial charge in [-0.25, -0.2) is 13.1 Å². The van der Waals surface area contributed by atoms with Gasteiger partial charge in [-0.1, -0.05) is 19.1 Å². The smallest absolute Gasteiger partial charge is 0.241 e. The van der Waals surface area contributed by atoms with Gasteiger partial charge in [0.1, 0.15) is 0 Å². The van der Waals surface area contributed by atoms with E-state index in [0.29, 0.717) is 25.2 Å². The summed E-state index contributed by atoms with van der Waals surface area (Å²) >= 11 is 0. The van der Waals surface area contributed by atoms with Gasteiger partial charge in [-0.3, -0.25) is 0 Å². The van der Waals surface area contributed by atoms with Crippen molar-refractivity contribution in [3.63, 3.8) is 0 Å². The molecule has 1 saturated heterocycles. The Balaban J connectivity index is 2.27. The van der Waals surface area contributed by atoms with Gasteiger partial charge in [-0.15, -0.1) is 0 Å². The molecular formula is C14H21NO4S. The van der Waals surface area contributed by atoms with Crippen LogP contribution in [0.5, 0.6) is 0 Å². The minimum absolute atomic E-state index is 0.168. The number of nitrogens with one attached hydrogen (secondary N) is 1. The van der Waals surface area contributed by atoms with Gasteiger partial charge in [0.15, 0.2) is 0 Å². The molecule has 0 spiro atoms. The third-order valence-corrected chi connectivity index (χ3v) is 5.07. The lowest BCUT2D eigenvalue weighted by Gasteiger charge is -2.23. The highest BCUT2D eigenvalue weighted by Gasteiger charge is 2.24. The van der Waals surface area contributed by atoms with Crippen molar-refractivity contribution in [2.24, 2.45) is 0 Å². The molecule has 2 rings (SSSR count). The largest absolute Gasteiger partial charge is 0.392 e. The molecule has 0 radical (unpaired) electrons. The number of sulfonamides is 1. The molecule has 1 aromatic carbocycles. The standard InChI is InChI=1S/C14H21NO4S/c1-2-12-6-5-11(9-16)8-14(12)20(17,18)15-13-4-3-7-19-10-13/h5-6,8,13,15-16H,2-4,7,9-10H2,1H3. The molecule has 5 nitrogen and oxygen atoms in total. The molecule has 0 aromatic heterocycles. The fourth-order valence-electron chi connectivity index (χ4n) is 2.36. The molecule has 0 amide bonds. The van der Waals surface area contributed by atoms with Crippen LogP contribution in [0.4, 0.5) is 0 Å². The molecule has 0 bridgehead atoms. The molecule has 0 saturated carbocycles. The van der Waals surface area contributed by atoms with E-state index in [0.717, 1.165) is 18.4 Å². The zero-order chi connectivity index (χ0) is 14.6. The van der Waals surface area contributed by atoms with Crippen LogP contribution in [0.3, 0.4) is 0 Å². The number of aryl methyl sites for hydroxylation is 1. The molecule has 1 aliphatic heterocycles. The summed E-state index contributed by atoms with van der Waals surface area (Å²) in [6.07, 6.45) is 2.29. The third kappa shape index (κ3) is 3.58. The number of aliphatic hydroxyl groups is 1. The van der Waals surface area contributed by atoms with Gasteiger partial charge in [0.2, 0.25) is 10.0 Å². The Morgan fingerprint density at radius 3 is 2.85 bits per heavy atom. The second-order valence-corrected chi connectivity index (χ2v) is 6.67. The molecule has 20 heavy (non-hydrogen) atoms. The maximum absolute atomic E-state index is 12.5. The summed E-state index contributed by atoms with van der Waals surface area (Å²) in [5.41, 5.74) is 1.36.